The van der Waals surface area contributed by atoms with Crippen LogP contribution in [0.1, 0.15) is 44.9 Å². The zero-order valence-corrected chi connectivity index (χ0v) is 18.0. The Morgan fingerprint density at radius 2 is 2.06 bits per heavy atom. The van der Waals surface area contributed by atoms with Gasteiger partial charge in [-0.1, -0.05) is 24.3 Å². The van der Waals surface area contributed by atoms with Gasteiger partial charge in [-0.2, -0.15) is 0 Å². The van der Waals surface area contributed by atoms with Gasteiger partial charge in [0.25, 0.3) is 11.8 Å². The van der Waals surface area contributed by atoms with E-state index in [1.807, 2.05) is 19.1 Å². The number of fused-ring (bicyclic) bond motifs is 4. The summed E-state index contributed by atoms with van der Waals surface area (Å²) in [6.45, 7) is 3.74. The van der Waals surface area contributed by atoms with Crippen molar-refractivity contribution in [3.8, 4) is 5.75 Å². The van der Waals surface area contributed by atoms with Gasteiger partial charge in [-0.15, -0.1) is 0 Å². The highest BCUT2D eigenvalue weighted by molar-refractivity contribution is 5.99. The number of nitrogens with one attached hydrogen (secondary N) is 1. The van der Waals surface area contributed by atoms with Crippen molar-refractivity contribution in [2.75, 3.05) is 13.7 Å². The molecule has 1 aromatic heterocycles. The van der Waals surface area contributed by atoms with Crippen molar-refractivity contribution in [3.05, 3.63) is 75.0 Å². The number of amides is 2. The number of methoxy groups -OCH3 is 1. The molecule has 0 aliphatic carbocycles. The smallest absolute Gasteiger partial charge is 0.275 e. The Hall–Kier alpha value is -3.46. The molecule has 0 saturated heterocycles. The number of carbonyl (C=O) groups is 2. The summed E-state index contributed by atoms with van der Waals surface area (Å²) in [6.07, 6.45) is 4.49. The van der Waals surface area contributed by atoms with E-state index in [2.05, 4.69) is 5.32 Å². The van der Waals surface area contributed by atoms with Crippen LogP contribution in [-0.4, -0.2) is 52.2 Å². The lowest BCUT2D eigenvalue weighted by atomic mass is 10.0. The Morgan fingerprint density at radius 3 is 2.75 bits per heavy atom. The SMILES string of the molecule is CO[C@@H]1C=C[C@H](C)N2C[C@H]1n1cc(C(=O)NCc3ccc(C)cc3F)c(=O)c(O)c1C2=O. The first-order valence-electron chi connectivity index (χ1n) is 10.3. The van der Waals surface area contributed by atoms with Crippen LogP contribution in [0.25, 0.3) is 0 Å². The third kappa shape index (κ3) is 3.58. The number of rotatable bonds is 4. The largest absolute Gasteiger partial charge is 0.503 e. The van der Waals surface area contributed by atoms with Gasteiger partial charge in [0.2, 0.25) is 5.43 Å². The van der Waals surface area contributed by atoms with E-state index < -0.39 is 41.0 Å². The van der Waals surface area contributed by atoms with Crippen LogP contribution in [0.15, 0.2) is 41.3 Å². The van der Waals surface area contributed by atoms with Crippen LogP contribution >= 0.6 is 0 Å². The van der Waals surface area contributed by atoms with Gasteiger partial charge in [0.05, 0.1) is 12.1 Å². The molecular formula is C23H24FN3O5. The van der Waals surface area contributed by atoms with E-state index in [4.69, 9.17) is 4.74 Å². The van der Waals surface area contributed by atoms with E-state index in [9.17, 15) is 23.9 Å². The van der Waals surface area contributed by atoms with Crippen molar-refractivity contribution in [1.82, 2.24) is 14.8 Å². The van der Waals surface area contributed by atoms with E-state index in [0.717, 1.165) is 5.56 Å². The molecule has 9 heteroatoms. The molecule has 1 aromatic carbocycles. The number of halogens is 1. The molecule has 0 radical (unpaired) electrons. The van der Waals surface area contributed by atoms with Crippen molar-refractivity contribution >= 4 is 11.8 Å². The molecule has 0 fully saturated rings. The van der Waals surface area contributed by atoms with Crippen LogP contribution < -0.4 is 10.7 Å². The highest BCUT2D eigenvalue weighted by Crippen LogP contribution is 2.33. The van der Waals surface area contributed by atoms with Crippen molar-refractivity contribution in [2.24, 2.45) is 0 Å². The van der Waals surface area contributed by atoms with Crippen LogP contribution in [0, 0.1) is 12.7 Å². The Morgan fingerprint density at radius 1 is 1.31 bits per heavy atom. The molecule has 0 spiro atoms. The van der Waals surface area contributed by atoms with Crippen LogP contribution in [0.2, 0.25) is 0 Å². The number of nitrogens with zero attached hydrogens (tertiary/aromatic N) is 2. The fourth-order valence-electron chi connectivity index (χ4n) is 4.18. The third-order valence-corrected chi connectivity index (χ3v) is 6.03. The van der Waals surface area contributed by atoms with E-state index >= 15 is 0 Å². The van der Waals surface area contributed by atoms with Gasteiger partial charge >= 0.3 is 0 Å². The first-order valence-corrected chi connectivity index (χ1v) is 10.3. The van der Waals surface area contributed by atoms with Gasteiger partial charge in [-0.05, 0) is 25.5 Å². The van der Waals surface area contributed by atoms with E-state index in [-0.39, 0.29) is 36.0 Å². The molecule has 2 N–H and O–H groups in total. The topological polar surface area (TPSA) is 101 Å². The minimum atomic E-state index is -0.957. The second-order valence-corrected chi connectivity index (χ2v) is 8.10. The summed E-state index contributed by atoms with van der Waals surface area (Å²) in [5.41, 5.74) is -0.463. The lowest BCUT2D eigenvalue weighted by Crippen LogP contribution is -2.49. The van der Waals surface area contributed by atoms with Gasteiger partial charge in [0.1, 0.15) is 11.4 Å². The average molecular weight is 441 g/mol. The van der Waals surface area contributed by atoms with Crippen molar-refractivity contribution in [2.45, 2.75) is 38.6 Å². The molecular weight excluding hydrogens is 417 g/mol. The summed E-state index contributed by atoms with van der Waals surface area (Å²) < 4.78 is 21.1. The molecule has 8 nitrogen and oxygen atoms in total. The zero-order chi connectivity index (χ0) is 23.2. The quantitative estimate of drug-likeness (QED) is 0.706. The first-order chi connectivity index (χ1) is 15.2. The molecule has 2 aliphatic heterocycles. The van der Waals surface area contributed by atoms with Crippen molar-refractivity contribution < 1.29 is 23.8 Å². The molecule has 3 heterocycles. The molecule has 3 atom stereocenters. The Labute approximate surface area is 183 Å². The highest BCUT2D eigenvalue weighted by Gasteiger charge is 2.41. The van der Waals surface area contributed by atoms with Crippen LogP contribution in [0.4, 0.5) is 4.39 Å². The number of hydrogen-bond donors (Lipinski definition) is 2. The number of aryl methyl sites for hydroxylation is 1. The molecule has 0 saturated carbocycles. The van der Waals surface area contributed by atoms with Crippen LogP contribution in [0.3, 0.4) is 0 Å². The van der Waals surface area contributed by atoms with Crippen molar-refractivity contribution in [1.29, 1.82) is 0 Å². The predicted octanol–water partition coefficient (Wildman–Crippen LogP) is 1.90. The highest BCUT2D eigenvalue weighted by atomic mass is 19.1. The molecule has 2 aromatic rings. The molecule has 2 aliphatic rings. The maximum absolute atomic E-state index is 14.1. The van der Waals surface area contributed by atoms with Gasteiger partial charge < -0.3 is 24.6 Å². The zero-order valence-electron chi connectivity index (χ0n) is 18.0. The second-order valence-electron chi connectivity index (χ2n) is 8.10. The van der Waals surface area contributed by atoms with Gasteiger partial charge in [-0.3, -0.25) is 14.4 Å². The average Bonchev–Trinajstić information content (AvgIpc) is 2.90. The lowest BCUT2D eigenvalue weighted by Gasteiger charge is -2.38. The normalized spacial score (nSPS) is 21.8. The molecule has 2 amide bonds. The first kappa shape index (κ1) is 21.8. The molecule has 168 valence electrons. The summed E-state index contributed by atoms with van der Waals surface area (Å²) in [6, 6.07) is 3.93. The maximum atomic E-state index is 14.1. The fourth-order valence-corrected chi connectivity index (χ4v) is 4.18. The Bertz CT molecular complexity index is 1190. The number of hydrogen-bond acceptors (Lipinski definition) is 5. The molecule has 32 heavy (non-hydrogen) atoms. The monoisotopic (exact) mass is 441 g/mol. The summed E-state index contributed by atoms with van der Waals surface area (Å²) in [7, 11) is 1.53. The summed E-state index contributed by atoms with van der Waals surface area (Å²) in [4.78, 5) is 40.1. The Balaban J connectivity index is 1.72. The molecule has 0 unspecified atom stereocenters. The maximum Gasteiger partial charge on any atom is 0.275 e. The van der Waals surface area contributed by atoms with Crippen LogP contribution in [-0.2, 0) is 11.3 Å². The second kappa shape index (κ2) is 8.23. The number of benzene rings is 1. The standard InChI is InChI=1S/C23H24FN3O5/c1-12-4-6-14(16(24)8-12)9-25-22(30)15-10-27-17-11-26(13(2)5-7-18(17)32-3)23(31)19(27)21(29)20(15)28/h4-8,10,13,17-18,29H,9,11H2,1-3H3,(H,25,30)/t13-,17+,18+/m0/s1. The van der Waals surface area contributed by atoms with E-state index in [1.165, 1.54) is 23.9 Å². The minimum Gasteiger partial charge on any atom is -0.503 e. The van der Waals surface area contributed by atoms with Gasteiger partial charge in [-0.25, -0.2) is 4.39 Å². The Kier molecular flexibility index (Phi) is 5.60. The minimum absolute atomic E-state index is 0.135. The van der Waals surface area contributed by atoms with E-state index in [0.29, 0.717) is 0 Å². The summed E-state index contributed by atoms with van der Waals surface area (Å²) in [5.74, 6) is -2.54. The number of carbonyl (C=O) groups excluding carboxylic acids is 2. The summed E-state index contributed by atoms with van der Waals surface area (Å²) in [5, 5.41) is 13.1. The molecule has 4 rings (SSSR count). The molecule has 2 bridgehead atoms. The predicted molar refractivity (Wildman–Crippen MR) is 114 cm³/mol. The number of ether oxygens (including phenoxy) is 1. The number of pyridine rings is 1. The number of aromatic hydroxyl groups is 1. The third-order valence-electron chi connectivity index (χ3n) is 6.03. The lowest BCUT2D eigenvalue weighted by molar-refractivity contribution is 0.0435. The van der Waals surface area contributed by atoms with E-state index in [1.54, 1.807) is 24.0 Å². The van der Waals surface area contributed by atoms with Crippen molar-refractivity contribution in [3.63, 3.8) is 0 Å². The van der Waals surface area contributed by atoms with Gasteiger partial charge in [0.15, 0.2) is 11.4 Å². The van der Waals surface area contributed by atoms with Crippen LogP contribution in [0.5, 0.6) is 5.75 Å². The summed E-state index contributed by atoms with van der Waals surface area (Å²) >= 11 is 0. The number of aromatic nitrogens is 1. The fraction of sp³-hybridized carbons (Fsp3) is 0.348. The van der Waals surface area contributed by atoms with Gasteiger partial charge in [0, 0.05) is 38.0 Å².